The van der Waals surface area contributed by atoms with Crippen LogP contribution in [0.3, 0.4) is 0 Å². The van der Waals surface area contributed by atoms with E-state index in [1.807, 2.05) is 48.5 Å². The molecule has 1 aliphatic heterocycles. The molecule has 2 unspecified atom stereocenters. The molecule has 0 aromatic heterocycles. The Kier molecular flexibility index (Phi) is 7.18. The zero-order chi connectivity index (χ0) is 23.5. The Hall–Kier alpha value is -2.54. The van der Waals surface area contributed by atoms with Gasteiger partial charge in [-0.1, -0.05) is 45.0 Å². The second kappa shape index (κ2) is 9.53. The molecule has 0 spiro atoms. The van der Waals surface area contributed by atoms with E-state index in [1.165, 1.54) is 5.56 Å². The molecule has 32 heavy (non-hydrogen) atoms. The van der Waals surface area contributed by atoms with E-state index in [9.17, 15) is 13.2 Å². The van der Waals surface area contributed by atoms with Crippen molar-refractivity contribution < 1.29 is 22.7 Å². The zero-order valence-corrected chi connectivity index (χ0v) is 20.3. The molecule has 0 saturated carbocycles. The average molecular weight is 460 g/mol. The summed E-state index contributed by atoms with van der Waals surface area (Å²) in [6.07, 6.45) is -0.297. The van der Waals surface area contributed by atoms with Crippen LogP contribution in [0.25, 0.3) is 0 Å². The van der Waals surface area contributed by atoms with Gasteiger partial charge in [-0.25, -0.2) is 8.42 Å². The van der Waals surface area contributed by atoms with Crippen LogP contribution in [0.1, 0.15) is 45.2 Å². The molecule has 0 N–H and O–H groups in total. The molecule has 2 aromatic rings. The third kappa shape index (κ3) is 6.03. The first-order valence-electron chi connectivity index (χ1n) is 10.9. The third-order valence-electron chi connectivity index (χ3n) is 5.83. The fourth-order valence-electron chi connectivity index (χ4n) is 3.86. The van der Waals surface area contributed by atoms with Gasteiger partial charge in [-0.05, 0) is 54.2 Å². The van der Waals surface area contributed by atoms with Gasteiger partial charge in [0.2, 0.25) is 0 Å². The average Bonchev–Trinajstić information content (AvgIpc) is 3.11. The van der Waals surface area contributed by atoms with Crippen LogP contribution in [0, 0.1) is 0 Å². The lowest BCUT2D eigenvalue weighted by atomic mass is 9.87. The predicted molar refractivity (Wildman–Crippen MR) is 126 cm³/mol. The van der Waals surface area contributed by atoms with Gasteiger partial charge in [0, 0.05) is 12.6 Å². The lowest BCUT2D eigenvalue weighted by Gasteiger charge is -2.31. The Morgan fingerprint density at radius 1 is 1.06 bits per heavy atom. The van der Waals surface area contributed by atoms with Crippen molar-refractivity contribution in [2.75, 3.05) is 18.6 Å². The van der Waals surface area contributed by atoms with Crippen LogP contribution in [0.4, 0.5) is 0 Å². The van der Waals surface area contributed by atoms with Crippen molar-refractivity contribution in [3.05, 3.63) is 59.7 Å². The Morgan fingerprint density at radius 3 is 2.16 bits per heavy atom. The Balaban J connectivity index is 1.77. The van der Waals surface area contributed by atoms with Gasteiger partial charge in [-0.15, -0.1) is 0 Å². The standard InChI is InChI=1S/C25H33NO5S/c1-18(31-23-12-8-20(9-13-23)25(2,3)4)24(27)26(21-14-15-32(28,29)17-21)16-19-6-10-22(30-5)11-7-19/h6-13,18,21H,14-17H2,1-5H3. The molecule has 1 saturated heterocycles. The summed E-state index contributed by atoms with van der Waals surface area (Å²) in [6, 6.07) is 14.8. The van der Waals surface area contributed by atoms with Crippen molar-refractivity contribution in [2.24, 2.45) is 0 Å². The number of ether oxygens (including phenoxy) is 2. The maximum Gasteiger partial charge on any atom is 0.263 e. The van der Waals surface area contributed by atoms with Crippen LogP contribution in [0.5, 0.6) is 11.5 Å². The largest absolute Gasteiger partial charge is 0.497 e. The number of hydrogen-bond acceptors (Lipinski definition) is 5. The first kappa shape index (κ1) is 24.1. The molecule has 0 radical (unpaired) electrons. The zero-order valence-electron chi connectivity index (χ0n) is 19.5. The first-order chi connectivity index (χ1) is 15.0. The van der Waals surface area contributed by atoms with E-state index in [0.717, 1.165) is 11.3 Å². The van der Waals surface area contributed by atoms with Crippen LogP contribution in [-0.4, -0.2) is 50.0 Å². The Labute approximate surface area is 191 Å². The highest BCUT2D eigenvalue weighted by molar-refractivity contribution is 7.91. The second-order valence-corrected chi connectivity index (χ2v) is 11.6. The molecule has 2 atom stereocenters. The van der Waals surface area contributed by atoms with Crippen LogP contribution in [0.2, 0.25) is 0 Å². The topological polar surface area (TPSA) is 72.9 Å². The maximum absolute atomic E-state index is 13.4. The van der Waals surface area contributed by atoms with E-state index < -0.39 is 15.9 Å². The molecular formula is C25H33NO5S. The van der Waals surface area contributed by atoms with Gasteiger partial charge in [-0.3, -0.25) is 4.79 Å². The molecule has 2 aromatic carbocycles. The van der Waals surface area contributed by atoms with Gasteiger partial charge in [-0.2, -0.15) is 0 Å². The first-order valence-corrected chi connectivity index (χ1v) is 12.7. The molecule has 1 heterocycles. The van der Waals surface area contributed by atoms with Gasteiger partial charge in [0.15, 0.2) is 15.9 Å². The SMILES string of the molecule is COc1ccc(CN(C(=O)C(C)Oc2ccc(C(C)(C)C)cc2)C2CCS(=O)(=O)C2)cc1. The highest BCUT2D eigenvalue weighted by atomic mass is 32.2. The van der Waals surface area contributed by atoms with E-state index in [-0.39, 0.29) is 28.9 Å². The smallest absolute Gasteiger partial charge is 0.263 e. The summed E-state index contributed by atoms with van der Waals surface area (Å²) in [5.41, 5.74) is 2.12. The van der Waals surface area contributed by atoms with Gasteiger partial charge in [0.05, 0.1) is 18.6 Å². The molecule has 6 nitrogen and oxygen atoms in total. The maximum atomic E-state index is 13.4. The molecule has 1 aliphatic rings. The number of nitrogens with zero attached hydrogens (tertiary/aromatic N) is 1. The second-order valence-electron chi connectivity index (χ2n) is 9.41. The normalized spacial score (nSPS) is 18.7. The highest BCUT2D eigenvalue weighted by Gasteiger charge is 2.36. The minimum atomic E-state index is -3.14. The summed E-state index contributed by atoms with van der Waals surface area (Å²) in [6.45, 7) is 8.45. The number of methoxy groups -OCH3 is 1. The minimum absolute atomic E-state index is 0.0120. The quantitative estimate of drug-likeness (QED) is 0.626. The summed E-state index contributed by atoms with van der Waals surface area (Å²) in [5, 5.41) is 0. The molecule has 7 heteroatoms. The number of carbonyl (C=O) groups is 1. The molecule has 0 bridgehead atoms. The highest BCUT2D eigenvalue weighted by Crippen LogP contribution is 2.26. The predicted octanol–water partition coefficient (Wildman–Crippen LogP) is 3.98. The van der Waals surface area contributed by atoms with Gasteiger partial charge < -0.3 is 14.4 Å². The van der Waals surface area contributed by atoms with E-state index in [2.05, 4.69) is 20.8 Å². The van der Waals surface area contributed by atoms with Crippen LogP contribution in [-0.2, 0) is 26.6 Å². The number of sulfone groups is 1. The Bertz CT molecular complexity index is 1020. The van der Waals surface area contributed by atoms with E-state index in [4.69, 9.17) is 9.47 Å². The lowest BCUT2D eigenvalue weighted by molar-refractivity contribution is -0.140. The van der Waals surface area contributed by atoms with Crippen LogP contribution < -0.4 is 9.47 Å². The van der Waals surface area contributed by atoms with E-state index >= 15 is 0 Å². The van der Waals surface area contributed by atoms with Crippen LogP contribution >= 0.6 is 0 Å². The summed E-state index contributed by atoms with van der Waals surface area (Å²) >= 11 is 0. The van der Waals surface area contributed by atoms with Crippen molar-refractivity contribution in [3.63, 3.8) is 0 Å². The van der Waals surface area contributed by atoms with Gasteiger partial charge in [0.25, 0.3) is 5.91 Å². The molecule has 1 amide bonds. The number of carbonyl (C=O) groups excluding carboxylic acids is 1. The summed E-state index contributed by atoms with van der Waals surface area (Å²) in [5.74, 6) is 1.21. The molecule has 3 rings (SSSR count). The number of benzene rings is 2. The summed E-state index contributed by atoms with van der Waals surface area (Å²) < 4.78 is 35.3. The molecule has 174 valence electrons. The molecule has 0 aliphatic carbocycles. The molecular weight excluding hydrogens is 426 g/mol. The van der Waals surface area contributed by atoms with Crippen molar-refractivity contribution in [1.82, 2.24) is 4.90 Å². The minimum Gasteiger partial charge on any atom is -0.497 e. The van der Waals surface area contributed by atoms with Crippen molar-refractivity contribution >= 4 is 15.7 Å². The number of hydrogen-bond donors (Lipinski definition) is 0. The van der Waals surface area contributed by atoms with Crippen LogP contribution in [0.15, 0.2) is 48.5 Å². The monoisotopic (exact) mass is 459 g/mol. The summed E-state index contributed by atoms with van der Waals surface area (Å²) in [7, 11) is -1.54. The number of amides is 1. The van der Waals surface area contributed by atoms with Crippen molar-refractivity contribution in [2.45, 2.75) is 58.2 Å². The third-order valence-corrected chi connectivity index (χ3v) is 7.58. The van der Waals surface area contributed by atoms with Gasteiger partial charge >= 0.3 is 0 Å². The fourth-order valence-corrected chi connectivity index (χ4v) is 5.59. The Morgan fingerprint density at radius 2 is 1.66 bits per heavy atom. The van der Waals surface area contributed by atoms with Crippen molar-refractivity contribution in [1.29, 1.82) is 0 Å². The fraction of sp³-hybridized carbons (Fsp3) is 0.480. The molecule has 1 fully saturated rings. The number of rotatable bonds is 7. The van der Waals surface area contributed by atoms with E-state index in [0.29, 0.717) is 18.7 Å². The summed E-state index contributed by atoms with van der Waals surface area (Å²) in [4.78, 5) is 15.0. The van der Waals surface area contributed by atoms with Gasteiger partial charge in [0.1, 0.15) is 11.5 Å². The lowest BCUT2D eigenvalue weighted by Crippen LogP contribution is -2.46. The van der Waals surface area contributed by atoms with Crippen molar-refractivity contribution in [3.8, 4) is 11.5 Å². The van der Waals surface area contributed by atoms with E-state index in [1.54, 1.807) is 18.9 Å².